The number of hydrogen-bond acceptors (Lipinski definition) is 4. The molecule has 0 saturated heterocycles. The lowest BCUT2D eigenvalue weighted by atomic mass is 10.3. The van der Waals surface area contributed by atoms with E-state index in [9.17, 15) is 0 Å². The third kappa shape index (κ3) is 2.73. The molecule has 0 amide bonds. The van der Waals surface area contributed by atoms with E-state index in [2.05, 4.69) is 28.7 Å². The van der Waals surface area contributed by atoms with Crippen LogP contribution in [0.5, 0.6) is 0 Å². The quantitative estimate of drug-likeness (QED) is 0.657. The van der Waals surface area contributed by atoms with E-state index in [4.69, 9.17) is 5.73 Å². The Labute approximate surface area is 111 Å². The van der Waals surface area contributed by atoms with Crippen LogP contribution in [0, 0.1) is 6.92 Å². The zero-order chi connectivity index (χ0) is 13.1. The first-order valence-corrected chi connectivity index (χ1v) is 6.87. The molecule has 0 atom stereocenters. The third-order valence-electron chi connectivity index (χ3n) is 2.82. The maximum absolute atomic E-state index is 5.83. The largest absolute Gasteiger partial charge is 0.391 e. The summed E-state index contributed by atoms with van der Waals surface area (Å²) in [7, 11) is 1.90. The van der Waals surface area contributed by atoms with Crippen molar-refractivity contribution in [1.82, 2.24) is 4.98 Å². The summed E-state index contributed by atoms with van der Waals surface area (Å²) in [6.07, 6.45) is 2.06. The summed E-state index contributed by atoms with van der Waals surface area (Å²) in [4.78, 5) is 5.54. The van der Waals surface area contributed by atoms with Crippen molar-refractivity contribution in [1.29, 1.82) is 0 Å². The predicted octanol–water partition coefficient (Wildman–Crippen LogP) is 2.26. The normalized spacial score (nSPS) is 10.4. The van der Waals surface area contributed by atoms with Crippen LogP contribution < -0.4 is 15.6 Å². The van der Waals surface area contributed by atoms with Gasteiger partial charge in [0.1, 0.15) is 0 Å². The van der Waals surface area contributed by atoms with E-state index in [1.165, 1.54) is 4.90 Å². The lowest BCUT2D eigenvalue weighted by Crippen LogP contribution is -2.36. The molecular formula is C13H17N4S+. The second-order valence-corrected chi connectivity index (χ2v) is 4.93. The number of aryl methyl sites for hydroxylation is 1. The summed E-state index contributed by atoms with van der Waals surface area (Å²) in [6, 6.07) is 10.2. The van der Waals surface area contributed by atoms with Gasteiger partial charge in [-0.05, 0) is 37.4 Å². The zero-order valence-corrected chi connectivity index (χ0v) is 11.6. The van der Waals surface area contributed by atoms with E-state index in [1.807, 2.05) is 36.7 Å². The smallest absolute Gasteiger partial charge is 0.326 e. The Morgan fingerprint density at radius 2 is 1.94 bits per heavy atom. The van der Waals surface area contributed by atoms with Crippen molar-refractivity contribution in [2.75, 3.05) is 17.3 Å². The molecule has 18 heavy (non-hydrogen) atoms. The van der Waals surface area contributed by atoms with Gasteiger partial charge in [0.15, 0.2) is 0 Å². The number of nitrogens with zero attached hydrogens (tertiary/aromatic N) is 2. The summed E-state index contributed by atoms with van der Waals surface area (Å²) in [5.41, 5.74) is 7.90. The fraction of sp³-hybridized carbons (Fsp3) is 0.231. The van der Waals surface area contributed by atoms with Crippen LogP contribution in [-0.2, 0) is 7.05 Å². The Kier molecular flexibility index (Phi) is 3.72. The van der Waals surface area contributed by atoms with E-state index in [0.717, 1.165) is 17.2 Å². The maximum atomic E-state index is 5.83. The second kappa shape index (κ2) is 5.27. The van der Waals surface area contributed by atoms with Gasteiger partial charge in [-0.25, -0.2) is 4.57 Å². The molecule has 0 fully saturated rings. The summed E-state index contributed by atoms with van der Waals surface area (Å²) >= 11 is 1.72. The Bertz CT molecular complexity index is 528. The molecule has 2 rings (SSSR count). The Balaban J connectivity index is 2.23. The molecule has 1 aromatic carbocycles. The van der Waals surface area contributed by atoms with Crippen LogP contribution in [0.2, 0.25) is 0 Å². The molecule has 0 aliphatic carbocycles. The number of hydrogen-bond donors (Lipinski definition) is 2. The van der Waals surface area contributed by atoms with Crippen LogP contribution in [-0.4, -0.2) is 11.2 Å². The van der Waals surface area contributed by atoms with Gasteiger partial charge in [-0.1, -0.05) is 4.98 Å². The minimum Gasteiger partial charge on any atom is -0.326 e. The number of nitrogens with two attached hydrogens (primary N) is 1. The van der Waals surface area contributed by atoms with Crippen molar-refractivity contribution in [3.8, 4) is 0 Å². The van der Waals surface area contributed by atoms with Gasteiger partial charge in [0.2, 0.25) is 5.82 Å². The van der Waals surface area contributed by atoms with Crippen molar-refractivity contribution in [3.63, 3.8) is 0 Å². The molecule has 0 aliphatic rings. The first kappa shape index (κ1) is 12.7. The van der Waals surface area contributed by atoms with Crippen molar-refractivity contribution in [3.05, 3.63) is 36.0 Å². The highest BCUT2D eigenvalue weighted by atomic mass is 32.2. The number of anilines is 3. The average molecular weight is 261 g/mol. The standard InChI is InChI=1S/C13H16N4S/c1-9-8-12(16-13(14)17(9)2)15-10-4-6-11(18-3)7-5-10/h4-8H,1-3H3,(H2,14,15,16)/p+1. The van der Waals surface area contributed by atoms with Crippen molar-refractivity contribution in [2.24, 2.45) is 7.05 Å². The highest BCUT2D eigenvalue weighted by Gasteiger charge is 2.09. The molecule has 3 N–H and O–H groups in total. The number of thioether (sulfide) groups is 1. The van der Waals surface area contributed by atoms with Crippen LogP contribution >= 0.6 is 11.8 Å². The number of benzene rings is 1. The van der Waals surface area contributed by atoms with Crippen molar-refractivity contribution >= 4 is 29.2 Å². The van der Waals surface area contributed by atoms with Gasteiger partial charge in [-0.3, -0.25) is 5.73 Å². The van der Waals surface area contributed by atoms with Gasteiger partial charge < -0.3 is 5.32 Å². The van der Waals surface area contributed by atoms with Crippen molar-refractivity contribution < 1.29 is 4.57 Å². The first-order valence-electron chi connectivity index (χ1n) is 5.64. The summed E-state index contributed by atoms with van der Waals surface area (Å²) in [5.74, 6) is 1.26. The maximum Gasteiger partial charge on any atom is 0.391 e. The van der Waals surface area contributed by atoms with Gasteiger partial charge in [0, 0.05) is 16.6 Å². The van der Waals surface area contributed by atoms with Crippen LogP contribution in [0.1, 0.15) is 5.69 Å². The number of nitrogens with one attached hydrogen (secondary N) is 1. The van der Waals surface area contributed by atoms with E-state index < -0.39 is 0 Å². The summed E-state index contributed by atoms with van der Waals surface area (Å²) < 4.78 is 1.85. The van der Waals surface area contributed by atoms with E-state index in [1.54, 1.807) is 11.8 Å². The fourth-order valence-corrected chi connectivity index (χ4v) is 2.00. The topological polar surface area (TPSA) is 54.8 Å². The SMILES string of the molecule is CSc1ccc(Nc2cc(C)[n+](C)c(N)n2)cc1. The summed E-state index contributed by atoms with van der Waals surface area (Å²) in [5, 5.41) is 3.25. The predicted molar refractivity (Wildman–Crippen MR) is 76.1 cm³/mol. The minimum atomic E-state index is 0.498. The molecule has 0 unspecified atom stereocenters. The second-order valence-electron chi connectivity index (χ2n) is 4.05. The molecule has 4 nitrogen and oxygen atoms in total. The first-order chi connectivity index (χ1) is 8.60. The van der Waals surface area contributed by atoms with Crippen molar-refractivity contribution in [2.45, 2.75) is 11.8 Å². The van der Waals surface area contributed by atoms with Crippen LogP contribution in [0.4, 0.5) is 17.5 Å². The highest BCUT2D eigenvalue weighted by molar-refractivity contribution is 7.98. The number of rotatable bonds is 3. The summed E-state index contributed by atoms with van der Waals surface area (Å²) in [6.45, 7) is 2.00. The molecule has 1 heterocycles. The highest BCUT2D eigenvalue weighted by Crippen LogP contribution is 2.20. The molecule has 0 spiro atoms. The molecular weight excluding hydrogens is 244 g/mol. The van der Waals surface area contributed by atoms with Gasteiger partial charge in [0.25, 0.3) is 0 Å². The molecule has 94 valence electrons. The van der Waals surface area contributed by atoms with Gasteiger partial charge in [0.05, 0.1) is 12.7 Å². The van der Waals surface area contributed by atoms with Crippen LogP contribution in [0.15, 0.2) is 35.2 Å². The lowest BCUT2D eigenvalue weighted by Gasteiger charge is -2.06. The van der Waals surface area contributed by atoms with E-state index in [0.29, 0.717) is 5.95 Å². The van der Waals surface area contributed by atoms with E-state index in [-0.39, 0.29) is 0 Å². The number of nitrogen functional groups attached to an aromatic ring is 1. The zero-order valence-electron chi connectivity index (χ0n) is 10.8. The van der Waals surface area contributed by atoms with E-state index >= 15 is 0 Å². The molecule has 5 heteroatoms. The Hall–Kier alpha value is -1.75. The third-order valence-corrected chi connectivity index (χ3v) is 3.56. The van der Waals surface area contributed by atoms with Crippen LogP contribution in [0.25, 0.3) is 0 Å². The Morgan fingerprint density at radius 3 is 2.50 bits per heavy atom. The lowest BCUT2D eigenvalue weighted by molar-refractivity contribution is -0.665. The fourth-order valence-electron chi connectivity index (χ4n) is 1.59. The van der Waals surface area contributed by atoms with Gasteiger partial charge in [-0.15, -0.1) is 11.8 Å². The monoisotopic (exact) mass is 261 g/mol. The van der Waals surface area contributed by atoms with Gasteiger partial charge in [-0.2, -0.15) is 0 Å². The van der Waals surface area contributed by atoms with Crippen LogP contribution in [0.3, 0.4) is 0 Å². The molecule has 0 saturated carbocycles. The average Bonchev–Trinajstić information content (AvgIpc) is 2.37. The molecule has 0 aliphatic heterocycles. The molecule has 2 aromatic rings. The minimum absolute atomic E-state index is 0.498. The van der Waals surface area contributed by atoms with Gasteiger partial charge >= 0.3 is 5.95 Å². The molecule has 0 bridgehead atoms. The molecule has 0 radical (unpaired) electrons. The molecule has 1 aromatic heterocycles. The Morgan fingerprint density at radius 1 is 1.28 bits per heavy atom. The number of aromatic nitrogens is 2.